The predicted molar refractivity (Wildman–Crippen MR) is 87.5 cm³/mol. The summed E-state index contributed by atoms with van der Waals surface area (Å²) in [6, 6.07) is 0. The summed E-state index contributed by atoms with van der Waals surface area (Å²) in [5.41, 5.74) is 0. The summed E-state index contributed by atoms with van der Waals surface area (Å²) >= 11 is 0. The van der Waals surface area contributed by atoms with Gasteiger partial charge in [-0.3, -0.25) is 4.57 Å². The van der Waals surface area contributed by atoms with Gasteiger partial charge in [0.05, 0.1) is 19.4 Å². The van der Waals surface area contributed by atoms with Crippen molar-refractivity contribution in [3.05, 3.63) is 0 Å². The molecular weight excluding hydrogens is 271 g/mol. The zero-order valence-corrected chi connectivity index (χ0v) is 14.9. The largest absolute Gasteiger partial charge is 0.330 e. The Hall–Kier alpha value is 0.150. The van der Waals surface area contributed by atoms with Crippen LogP contribution in [0.3, 0.4) is 0 Å². The second-order valence-corrected chi connectivity index (χ2v) is 7.69. The highest BCUT2D eigenvalue weighted by Crippen LogP contribution is 2.51. The summed E-state index contributed by atoms with van der Waals surface area (Å²) in [5, 5.41) is 0. The summed E-state index contributed by atoms with van der Waals surface area (Å²) < 4.78 is 24.2. The third-order valence-corrected chi connectivity index (χ3v) is 5.71. The van der Waals surface area contributed by atoms with E-state index in [1.165, 1.54) is 12.8 Å². The molecule has 0 aromatic carbocycles. The van der Waals surface area contributed by atoms with Crippen LogP contribution in [-0.2, 0) is 13.6 Å². The van der Waals surface area contributed by atoms with Crippen LogP contribution < -0.4 is 0 Å². The lowest BCUT2D eigenvalue weighted by Crippen LogP contribution is -2.11. The Balaban J connectivity index is 4.42. The zero-order chi connectivity index (χ0) is 15.3. The van der Waals surface area contributed by atoms with Crippen molar-refractivity contribution in [3.8, 4) is 0 Å². The Morgan fingerprint density at radius 1 is 0.850 bits per heavy atom. The molecule has 0 aromatic rings. The van der Waals surface area contributed by atoms with Crippen LogP contribution in [0.2, 0.25) is 0 Å². The Morgan fingerprint density at radius 2 is 1.35 bits per heavy atom. The highest BCUT2D eigenvalue weighted by Gasteiger charge is 2.28. The molecule has 0 saturated heterocycles. The van der Waals surface area contributed by atoms with Gasteiger partial charge in [0, 0.05) is 0 Å². The summed E-state index contributed by atoms with van der Waals surface area (Å²) in [6.45, 7) is 9.71. The highest BCUT2D eigenvalue weighted by atomic mass is 31.2. The van der Waals surface area contributed by atoms with Crippen molar-refractivity contribution in [2.45, 2.75) is 79.1 Å². The molecule has 0 aromatic heterocycles. The number of unbranched alkanes of at least 4 members (excludes halogenated alkanes) is 3. The molecule has 0 bridgehead atoms. The van der Waals surface area contributed by atoms with E-state index >= 15 is 0 Å². The van der Waals surface area contributed by atoms with Crippen molar-refractivity contribution < 1.29 is 13.6 Å². The van der Waals surface area contributed by atoms with Gasteiger partial charge in [0.2, 0.25) is 0 Å². The van der Waals surface area contributed by atoms with Crippen LogP contribution in [0, 0.1) is 5.92 Å². The van der Waals surface area contributed by atoms with Crippen LogP contribution >= 0.6 is 7.60 Å². The molecule has 122 valence electrons. The van der Waals surface area contributed by atoms with Gasteiger partial charge in [-0.15, -0.1) is 0 Å². The molecule has 1 atom stereocenters. The zero-order valence-electron chi connectivity index (χ0n) is 14.0. The summed E-state index contributed by atoms with van der Waals surface area (Å²) in [4.78, 5) is 0. The third-order valence-electron chi connectivity index (χ3n) is 3.60. The molecule has 0 heterocycles. The van der Waals surface area contributed by atoms with Gasteiger partial charge in [0.15, 0.2) is 0 Å². The third kappa shape index (κ3) is 9.96. The second kappa shape index (κ2) is 12.9. The molecular formula is C16H35O3P. The average Bonchev–Trinajstić information content (AvgIpc) is 2.44. The number of hydrogen-bond acceptors (Lipinski definition) is 3. The van der Waals surface area contributed by atoms with E-state index in [9.17, 15) is 4.57 Å². The lowest BCUT2D eigenvalue weighted by atomic mass is 10.0. The predicted octanol–water partition coefficient (Wildman–Crippen LogP) is 6.03. The Labute approximate surface area is 126 Å². The number of hydrogen-bond donors (Lipinski definition) is 0. The van der Waals surface area contributed by atoms with Gasteiger partial charge in [-0.05, 0) is 25.2 Å². The van der Waals surface area contributed by atoms with Gasteiger partial charge < -0.3 is 9.05 Å². The summed E-state index contributed by atoms with van der Waals surface area (Å²) in [7, 11) is -2.89. The molecule has 20 heavy (non-hydrogen) atoms. The van der Waals surface area contributed by atoms with Crippen molar-refractivity contribution >= 4 is 7.60 Å². The van der Waals surface area contributed by atoms with Gasteiger partial charge in [-0.25, -0.2) is 0 Å². The summed E-state index contributed by atoms with van der Waals surface area (Å²) in [5.74, 6) is 0.462. The molecule has 0 aliphatic rings. The van der Waals surface area contributed by atoms with Gasteiger partial charge in [0.1, 0.15) is 0 Å². The molecule has 0 N–H and O–H groups in total. The van der Waals surface area contributed by atoms with E-state index in [4.69, 9.17) is 9.05 Å². The average molecular weight is 306 g/mol. The quantitative estimate of drug-likeness (QED) is 0.290. The molecule has 3 nitrogen and oxygen atoms in total. The van der Waals surface area contributed by atoms with Crippen LogP contribution in [0.25, 0.3) is 0 Å². The first-order valence-corrected chi connectivity index (χ1v) is 10.2. The molecule has 0 aliphatic heterocycles. The van der Waals surface area contributed by atoms with Gasteiger partial charge in [-0.1, -0.05) is 59.8 Å². The van der Waals surface area contributed by atoms with Crippen molar-refractivity contribution in [1.29, 1.82) is 0 Å². The first-order chi connectivity index (χ1) is 9.61. The van der Waals surface area contributed by atoms with E-state index in [1.54, 1.807) is 0 Å². The Kier molecular flexibility index (Phi) is 13.0. The highest BCUT2D eigenvalue weighted by molar-refractivity contribution is 7.53. The van der Waals surface area contributed by atoms with Crippen LogP contribution in [-0.4, -0.2) is 19.4 Å². The monoisotopic (exact) mass is 306 g/mol. The Bertz CT molecular complexity index is 242. The SMILES string of the molecule is CCCCOP(=O)(CC(CC)CCCC)OCCCC. The molecule has 1 unspecified atom stereocenters. The molecule has 0 aliphatic carbocycles. The maximum Gasteiger partial charge on any atom is 0.330 e. The molecule has 0 saturated carbocycles. The van der Waals surface area contributed by atoms with Crippen molar-refractivity contribution in [2.75, 3.05) is 19.4 Å². The number of rotatable bonds is 14. The van der Waals surface area contributed by atoms with E-state index in [1.807, 2.05) is 0 Å². The fourth-order valence-electron chi connectivity index (χ4n) is 2.07. The molecule has 0 radical (unpaired) electrons. The lowest BCUT2D eigenvalue weighted by Gasteiger charge is -2.23. The minimum Gasteiger partial charge on any atom is -0.309 e. The van der Waals surface area contributed by atoms with Crippen molar-refractivity contribution in [1.82, 2.24) is 0 Å². The molecule has 0 spiro atoms. The van der Waals surface area contributed by atoms with Gasteiger partial charge >= 0.3 is 7.60 Å². The van der Waals surface area contributed by atoms with Crippen LogP contribution in [0.5, 0.6) is 0 Å². The maximum absolute atomic E-state index is 12.9. The fourth-order valence-corrected chi connectivity index (χ4v) is 4.25. The molecule has 4 heteroatoms. The second-order valence-electron chi connectivity index (χ2n) is 5.58. The van der Waals surface area contributed by atoms with E-state index in [0.717, 1.165) is 38.5 Å². The standard InChI is InChI=1S/C16H35O3P/c1-5-9-12-16(8-4)15-20(17,18-13-10-6-2)19-14-11-7-3/h16H,5-15H2,1-4H3. The van der Waals surface area contributed by atoms with Gasteiger partial charge in [-0.2, -0.15) is 0 Å². The first-order valence-electron chi connectivity index (χ1n) is 8.49. The molecule has 0 amide bonds. The minimum absolute atomic E-state index is 0.462. The normalized spacial score (nSPS) is 13.6. The van der Waals surface area contributed by atoms with Gasteiger partial charge in [0.25, 0.3) is 0 Å². The topological polar surface area (TPSA) is 35.5 Å². The smallest absolute Gasteiger partial charge is 0.309 e. The van der Waals surface area contributed by atoms with Crippen molar-refractivity contribution in [2.24, 2.45) is 5.92 Å². The van der Waals surface area contributed by atoms with Crippen molar-refractivity contribution in [3.63, 3.8) is 0 Å². The maximum atomic E-state index is 12.9. The van der Waals surface area contributed by atoms with E-state index in [-0.39, 0.29) is 0 Å². The summed E-state index contributed by atoms with van der Waals surface area (Å²) in [6.07, 6.45) is 9.18. The first kappa shape index (κ1) is 20.1. The molecule has 0 fully saturated rings. The minimum atomic E-state index is -2.89. The van der Waals surface area contributed by atoms with Crippen LogP contribution in [0.15, 0.2) is 0 Å². The fraction of sp³-hybridized carbons (Fsp3) is 1.00. The molecule has 0 rings (SSSR count). The van der Waals surface area contributed by atoms with Crippen LogP contribution in [0.4, 0.5) is 0 Å². The lowest BCUT2D eigenvalue weighted by molar-refractivity contribution is 0.195. The van der Waals surface area contributed by atoms with Crippen LogP contribution in [0.1, 0.15) is 79.1 Å². The van der Waals surface area contributed by atoms with E-state index in [2.05, 4.69) is 27.7 Å². The van der Waals surface area contributed by atoms with E-state index < -0.39 is 7.60 Å². The van der Waals surface area contributed by atoms with E-state index in [0.29, 0.717) is 25.3 Å². The Morgan fingerprint density at radius 3 is 1.75 bits per heavy atom.